The van der Waals surface area contributed by atoms with Crippen LogP contribution in [0.4, 0.5) is 5.82 Å². The second-order valence-corrected chi connectivity index (χ2v) is 5.54. The molecular formula is C13H19N5O2. The van der Waals surface area contributed by atoms with Crippen molar-refractivity contribution in [3.05, 3.63) is 12.3 Å². The van der Waals surface area contributed by atoms with Gasteiger partial charge in [0.2, 0.25) is 11.8 Å². The Hall–Kier alpha value is -2.05. The van der Waals surface area contributed by atoms with Crippen molar-refractivity contribution in [1.82, 2.24) is 20.0 Å². The summed E-state index contributed by atoms with van der Waals surface area (Å²) in [5.74, 6) is 1.00. The summed E-state index contributed by atoms with van der Waals surface area (Å²) in [4.78, 5) is 25.5. The zero-order chi connectivity index (χ0) is 14.1. The van der Waals surface area contributed by atoms with Crippen LogP contribution in [0.5, 0.6) is 0 Å². The molecule has 2 aliphatic rings. The van der Waals surface area contributed by atoms with E-state index in [2.05, 4.69) is 10.4 Å². The summed E-state index contributed by atoms with van der Waals surface area (Å²) in [7, 11) is 0. The smallest absolute Gasteiger partial charge is 0.244 e. The van der Waals surface area contributed by atoms with Gasteiger partial charge in [0.1, 0.15) is 12.4 Å². The van der Waals surface area contributed by atoms with Gasteiger partial charge < -0.3 is 16.0 Å². The lowest BCUT2D eigenvalue weighted by molar-refractivity contribution is -0.135. The van der Waals surface area contributed by atoms with Crippen molar-refractivity contribution in [2.75, 3.05) is 18.8 Å². The summed E-state index contributed by atoms with van der Waals surface area (Å²) in [6.45, 7) is 1.64. The molecule has 0 bridgehead atoms. The molecule has 2 atom stereocenters. The van der Waals surface area contributed by atoms with Gasteiger partial charge in [-0.2, -0.15) is 5.10 Å². The number of amides is 2. The van der Waals surface area contributed by atoms with Gasteiger partial charge in [-0.05, 0) is 24.8 Å². The average molecular weight is 277 g/mol. The molecule has 2 amide bonds. The number of nitrogen functional groups attached to an aromatic ring is 1. The van der Waals surface area contributed by atoms with Crippen molar-refractivity contribution >= 4 is 17.6 Å². The number of likely N-dealkylation sites (tertiary alicyclic amines) is 1. The number of nitrogens with zero attached hydrogens (tertiary/aromatic N) is 3. The van der Waals surface area contributed by atoms with Crippen LogP contribution in [0.25, 0.3) is 0 Å². The fourth-order valence-electron chi connectivity index (χ4n) is 3.04. The lowest BCUT2D eigenvalue weighted by atomic mass is 9.85. The number of hydrogen-bond donors (Lipinski definition) is 2. The largest absolute Gasteiger partial charge is 0.382 e. The second kappa shape index (κ2) is 5.15. The molecule has 0 saturated carbocycles. The highest BCUT2D eigenvalue weighted by Gasteiger charge is 2.35. The molecule has 7 heteroatoms. The average Bonchev–Trinajstić information content (AvgIpc) is 2.83. The van der Waals surface area contributed by atoms with E-state index in [0.717, 1.165) is 19.4 Å². The van der Waals surface area contributed by atoms with E-state index in [1.807, 2.05) is 4.90 Å². The first-order valence-corrected chi connectivity index (χ1v) is 6.98. The highest BCUT2D eigenvalue weighted by molar-refractivity contribution is 5.78. The van der Waals surface area contributed by atoms with Crippen molar-refractivity contribution in [2.24, 2.45) is 5.92 Å². The maximum absolute atomic E-state index is 12.3. The number of carbonyl (C=O) groups is 2. The molecule has 0 spiro atoms. The molecule has 0 aromatic carbocycles. The van der Waals surface area contributed by atoms with Gasteiger partial charge in [-0.25, -0.2) is 0 Å². The van der Waals surface area contributed by atoms with Crippen molar-refractivity contribution in [1.29, 1.82) is 0 Å². The van der Waals surface area contributed by atoms with E-state index in [9.17, 15) is 9.59 Å². The Labute approximate surface area is 117 Å². The zero-order valence-corrected chi connectivity index (χ0v) is 11.3. The Morgan fingerprint density at radius 1 is 1.50 bits per heavy atom. The lowest BCUT2D eigenvalue weighted by Gasteiger charge is -2.41. The Morgan fingerprint density at radius 2 is 2.35 bits per heavy atom. The summed E-state index contributed by atoms with van der Waals surface area (Å²) in [6, 6.07) is 1.91. The van der Waals surface area contributed by atoms with Gasteiger partial charge in [0, 0.05) is 31.7 Å². The minimum atomic E-state index is 0.0588. The van der Waals surface area contributed by atoms with E-state index in [1.54, 1.807) is 16.9 Å². The first kappa shape index (κ1) is 13.0. The van der Waals surface area contributed by atoms with Gasteiger partial charge in [-0.15, -0.1) is 0 Å². The number of rotatable bonds is 2. The standard InChI is InChI=1S/C13H19N5O2/c14-11-4-6-18(16-11)8-13(20)17-5-3-10-9(7-17)1-2-12(19)15-10/h4,6,9-10H,1-3,5,7-8H2,(H2,14,16)(H,15,19). The number of aromatic nitrogens is 2. The molecular weight excluding hydrogens is 258 g/mol. The van der Waals surface area contributed by atoms with Crippen LogP contribution in [0, 0.1) is 5.92 Å². The van der Waals surface area contributed by atoms with Crippen LogP contribution in [-0.4, -0.2) is 45.6 Å². The molecule has 20 heavy (non-hydrogen) atoms. The highest BCUT2D eigenvalue weighted by Crippen LogP contribution is 2.25. The minimum Gasteiger partial charge on any atom is -0.382 e. The summed E-state index contributed by atoms with van der Waals surface area (Å²) in [5, 5.41) is 7.05. The lowest BCUT2D eigenvalue weighted by Crippen LogP contribution is -2.55. The van der Waals surface area contributed by atoms with Crippen LogP contribution in [0.1, 0.15) is 19.3 Å². The number of fused-ring (bicyclic) bond motifs is 1. The van der Waals surface area contributed by atoms with Crippen LogP contribution >= 0.6 is 0 Å². The Balaban J connectivity index is 1.58. The van der Waals surface area contributed by atoms with Crippen molar-refractivity contribution in [3.8, 4) is 0 Å². The van der Waals surface area contributed by atoms with E-state index in [1.165, 1.54) is 0 Å². The maximum Gasteiger partial charge on any atom is 0.244 e. The number of hydrogen-bond acceptors (Lipinski definition) is 4. The zero-order valence-electron chi connectivity index (χ0n) is 11.3. The molecule has 1 aromatic rings. The van der Waals surface area contributed by atoms with Gasteiger partial charge in [0.25, 0.3) is 0 Å². The number of nitrogens with two attached hydrogens (primary N) is 1. The SMILES string of the molecule is Nc1ccn(CC(=O)N2CCC3NC(=O)CCC3C2)n1. The predicted octanol–water partition coefficient (Wildman–Crippen LogP) is -0.408. The summed E-state index contributed by atoms with van der Waals surface area (Å²) in [5.41, 5.74) is 5.54. The van der Waals surface area contributed by atoms with E-state index >= 15 is 0 Å². The third-order valence-corrected chi connectivity index (χ3v) is 4.13. The van der Waals surface area contributed by atoms with Gasteiger partial charge >= 0.3 is 0 Å². The predicted molar refractivity (Wildman–Crippen MR) is 72.5 cm³/mol. The van der Waals surface area contributed by atoms with Crippen molar-refractivity contribution in [2.45, 2.75) is 31.8 Å². The Kier molecular flexibility index (Phi) is 3.33. The van der Waals surface area contributed by atoms with Crippen LogP contribution in [-0.2, 0) is 16.1 Å². The molecule has 3 rings (SSSR count). The normalized spacial score (nSPS) is 26.0. The minimum absolute atomic E-state index is 0.0588. The first-order chi connectivity index (χ1) is 9.61. The quantitative estimate of drug-likeness (QED) is 0.768. The van der Waals surface area contributed by atoms with Crippen molar-refractivity contribution < 1.29 is 9.59 Å². The van der Waals surface area contributed by atoms with Gasteiger partial charge in [0.05, 0.1) is 0 Å². The fraction of sp³-hybridized carbons (Fsp3) is 0.615. The van der Waals surface area contributed by atoms with Crippen LogP contribution in [0.15, 0.2) is 12.3 Å². The Morgan fingerprint density at radius 3 is 3.10 bits per heavy atom. The third-order valence-electron chi connectivity index (χ3n) is 4.13. The maximum atomic E-state index is 12.3. The second-order valence-electron chi connectivity index (χ2n) is 5.54. The molecule has 108 valence electrons. The van der Waals surface area contributed by atoms with E-state index in [4.69, 9.17) is 5.73 Å². The molecule has 2 aliphatic heterocycles. The summed E-state index contributed by atoms with van der Waals surface area (Å²) in [6.07, 6.45) is 3.98. The van der Waals surface area contributed by atoms with Gasteiger partial charge in [-0.1, -0.05) is 0 Å². The van der Waals surface area contributed by atoms with Crippen LogP contribution in [0.3, 0.4) is 0 Å². The monoisotopic (exact) mass is 277 g/mol. The molecule has 2 saturated heterocycles. The van der Waals surface area contributed by atoms with E-state index in [-0.39, 0.29) is 24.4 Å². The van der Waals surface area contributed by atoms with Crippen molar-refractivity contribution in [3.63, 3.8) is 0 Å². The number of piperidine rings is 2. The van der Waals surface area contributed by atoms with Gasteiger partial charge in [-0.3, -0.25) is 14.3 Å². The molecule has 2 fully saturated rings. The first-order valence-electron chi connectivity index (χ1n) is 6.98. The molecule has 2 unspecified atom stereocenters. The third kappa shape index (κ3) is 2.61. The van der Waals surface area contributed by atoms with E-state index < -0.39 is 0 Å². The van der Waals surface area contributed by atoms with Crippen LogP contribution < -0.4 is 11.1 Å². The number of nitrogens with one attached hydrogen (secondary N) is 1. The van der Waals surface area contributed by atoms with Gasteiger partial charge in [0.15, 0.2) is 0 Å². The molecule has 3 heterocycles. The molecule has 1 aromatic heterocycles. The fourth-order valence-corrected chi connectivity index (χ4v) is 3.04. The summed E-state index contributed by atoms with van der Waals surface area (Å²) < 4.78 is 1.56. The van der Waals surface area contributed by atoms with Crippen LogP contribution in [0.2, 0.25) is 0 Å². The Bertz CT molecular complexity index is 527. The topological polar surface area (TPSA) is 93.2 Å². The molecule has 0 radical (unpaired) electrons. The molecule has 7 nitrogen and oxygen atoms in total. The molecule has 0 aliphatic carbocycles. The number of anilines is 1. The highest BCUT2D eigenvalue weighted by atomic mass is 16.2. The van der Waals surface area contributed by atoms with E-state index in [0.29, 0.717) is 24.7 Å². The number of carbonyl (C=O) groups excluding carboxylic acids is 2. The summed E-state index contributed by atoms with van der Waals surface area (Å²) >= 11 is 0. The molecule has 3 N–H and O–H groups in total.